The number of carbonyl (C=O) groups is 2. The Morgan fingerprint density at radius 1 is 1.03 bits per heavy atom. The second-order valence-corrected chi connectivity index (χ2v) is 7.13. The van der Waals surface area contributed by atoms with Gasteiger partial charge in [-0.25, -0.2) is 9.59 Å². The predicted octanol–water partition coefficient (Wildman–Crippen LogP) is 4.36. The smallest absolute Gasteiger partial charge is 0.336 e. The van der Waals surface area contributed by atoms with E-state index in [4.69, 9.17) is 25.6 Å². The largest absolute Gasteiger partial charge is 0.463 e. The molecule has 1 aliphatic rings. The average molecular weight is 431 g/mol. The number of halogens is 1. The van der Waals surface area contributed by atoms with Crippen LogP contribution in [0.25, 0.3) is 11.3 Å². The number of esters is 2. The lowest BCUT2D eigenvalue weighted by Crippen LogP contribution is -2.32. The van der Waals surface area contributed by atoms with E-state index in [0.29, 0.717) is 27.9 Å². The van der Waals surface area contributed by atoms with E-state index in [1.165, 1.54) is 0 Å². The Morgan fingerprint density at radius 3 is 2.07 bits per heavy atom. The van der Waals surface area contributed by atoms with Crippen molar-refractivity contribution in [1.29, 1.82) is 0 Å². The molecule has 8 heteroatoms. The van der Waals surface area contributed by atoms with Crippen LogP contribution in [-0.2, 0) is 19.1 Å². The van der Waals surface area contributed by atoms with Gasteiger partial charge in [-0.15, -0.1) is 0 Å². The Balaban J connectivity index is 2.11. The average Bonchev–Trinajstić information content (AvgIpc) is 3.18. The number of carbonyl (C=O) groups excluding carboxylic acids is 2. The molecule has 0 fully saturated rings. The normalized spacial score (nSPS) is 14.6. The van der Waals surface area contributed by atoms with Crippen LogP contribution in [0, 0.1) is 0 Å². The highest BCUT2D eigenvalue weighted by atomic mass is 35.5. The van der Waals surface area contributed by atoms with Gasteiger partial charge in [-0.2, -0.15) is 0 Å². The van der Waals surface area contributed by atoms with Crippen LogP contribution in [-0.4, -0.2) is 30.3 Å². The highest BCUT2D eigenvalue weighted by Gasteiger charge is 2.40. The summed E-state index contributed by atoms with van der Waals surface area (Å²) in [6, 6.07) is 8.83. The standard InChI is InChI=1S/C22H23ClN2O5/c1-5-28-21(26)18-12(3)24-13(4)19(22(27)29-6-2)20(18)17-11-16(25-30-17)14-7-9-15(23)10-8-14/h7-11,20,24H,5-6H2,1-4H3. The van der Waals surface area contributed by atoms with E-state index in [1.54, 1.807) is 45.9 Å². The molecular formula is C22H23ClN2O5. The van der Waals surface area contributed by atoms with Crippen molar-refractivity contribution in [1.82, 2.24) is 10.5 Å². The molecule has 0 saturated heterocycles. The molecule has 2 heterocycles. The molecule has 1 aromatic carbocycles. The zero-order valence-electron chi connectivity index (χ0n) is 17.2. The SMILES string of the molecule is CCOC(=O)C1=C(C)NC(C)=C(C(=O)OCC)C1c1cc(-c2ccc(Cl)cc2)no1. The summed E-state index contributed by atoms with van der Waals surface area (Å²) in [7, 11) is 0. The first-order valence-electron chi connectivity index (χ1n) is 9.62. The van der Waals surface area contributed by atoms with Crippen molar-refractivity contribution in [2.75, 3.05) is 13.2 Å². The number of aromatic nitrogens is 1. The number of rotatable bonds is 6. The van der Waals surface area contributed by atoms with Crippen molar-refractivity contribution in [3.05, 3.63) is 63.7 Å². The van der Waals surface area contributed by atoms with Crippen LogP contribution in [0.4, 0.5) is 0 Å². The van der Waals surface area contributed by atoms with Gasteiger partial charge in [0, 0.05) is 28.0 Å². The maximum absolute atomic E-state index is 12.8. The van der Waals surface area contributed by atoms with Gasteiger partial charge in [0.1, 0.15) is 11.5 Å². The second-order valence-electron chi connectivity index (χ2n) is 6.70. The number of nitrogens with one attached hydrogen (secondary N) is 1. The number of allylic oxidation sites excluding steroid dienone is 2. The first kappa shape index (κ1) is 21.6. The van der Waals surface area contributed by atoms with E-state index < -0.39 is 17.9 Å². The molecule has 0 saturated carbocycles. The van der Waals surface area contributed by atoms with Crippen molar-refractivity contribution in [2.45, 2.75) is 33.6 Å². The third-order valence-electron chi connectivity index (χ3n) is 4.70. The molecule has 30 heavy (non-hydrogen) atoms. The zero-order chi connectivity index (χ0) is 21.8. The minimum atomic E-state index is -0.807. The Kier molecular flexibility index (Phi) is 6.62. The summed E-state index contributed by atoms with van der Waals surface area (Å²) in [5, 5.41) is 7.82. The van der Waals surface area contributed by atoms with Crippen LogP contribution < -0.4 is 5.32 Å². The summed E-state index contributed by atoms with van der Waals surface area (Å²) >= 11 is 5.96. The number of ether oxygens (including phenoxy) is 2. The van der Waals surface area contributed by atoms with Crippen LogP contribution in [0.2, 0.25) is 5.02 Å². The Labute approximate surface area is 179 Å². The first-order valence-corrected chi connectivity index (χ1v) is 10.0. The summed E-state index contributed by atoms with van der Waals surface area (Å²) in [5.41, 5.74) is 3.07. The molecule has 0 spiro atoms. The highest BCUT2D eigenvalue weighted by molar-refractivity contribution is 6.30. The van der Waals surface area contributed by atoms with Crippen molar-refractivity contribution in [3.63, 3.8) is 0 Å². The fourth-order valence-electron chi connectivity index (χ4n) is 3.42. The monoisotopic (exact) mass is 430 g/mol. The lowest BCUT2D eigenvalue weighted by Gasteiger charge is -2.28. The van der Waals surface area contributed by atoms with Gasteiger partial charge in [-0.05, 0) is 39.8 Å². The summed E-state index contributed by atoms with van der Waals surface area (Å²) in [4.78, 5) is 25.5. The van der Waals surface area contributed by atoms with E-state index in [-0.39, 0.29) is 24.4 Å². The van der Waals surface area contributed by atoms with Crippen molar-refractivity contribution >= 4 is 23.5 Å². The molecule has 0 bridgehead atoms. The van der Waals surface area contributed by atoms with Gasteiger partial charge in [0.15, 0.2) is 0 Å². The van der Waals surface area contributed by atoms with Crippen LogP contribution >= 0.6 is 11.6 Å². The lowest BCUT2D eigenvalue weighted by molar-refractivity contribution is -0.139. The summed E-state index contributed by atoms with van der Waals surface area (Å²) < 4.78 is 16.1. The zero-order valence-corrected chi connectivity index (χ0v) is 18.0. The molecule has 1 N–H and O–H groups in total. The molecule has 7 nitrogen and oxygen atoms in total. The Morgan fingerprint density at radius 2 is 1.57 bits per heavy atom. The number of nitrogens with zero attached hydrogens (tertiary/aromatic N) is 1. The number of benzene rings is 1. The quantitative estimate of drug-likeness (QED) is 0.681. The fourth-order valence-corrected chi connectivity index (χ4v) is 3.55. The minimum absolute atomic E-state index is 0.201. The maximum Gasteiger partial charge on any atom is 0.336 e. The topological polar surface area (TPSA) is 90.7 Å². The molecule has 2 aromatic rings. The molecule has 0 atom stereocenters. The summed E-state index contributed by atoms with van der Waals surface area (Å²) in [6.07, 6.45) is 0. The molecule has 0 radical (unpaired) electrons. The van der Waals surface area contributed by atoms with Crippen molar-refractivity contribution in [2.24, 2.45) is 0 Å². The van der Waals surface area contributed by atoms with Gasteiger partial charge in [-0.3, -0.25) is 0 Å². The number of dihydropyridines is 1. The van der Waals surface area contributed by atoms with E-state index >= 15 is 0 Å². The van der Waals surface area contributed by atoms with Gasteiger partial charge in [0.2, 0.25) is 0 Å². The maximum atomic E-state index is 12.8. The fraction of sp³-hybridized carbons (Fsp3) is 0.318. The molecule has 0 aliphatic carbocycles. The van der Waals surface area contributed by atoms with Crippen LogP contribution in [0.5, 0.6) is 0 Å². The minimum Gasteiger partial charge on any atom is -0.463 e. The van der Waals surface area contributed by atoms with E-state index in [0.717, 1.165) is 5.56 Å². The van der Waals surface area contributed by atoms with E-state index in [9.17, 15) is 9.59 Å². The van der Waals surface area contributed by atoms with Gasteiger partial charge in [0.05, 0.1) is 30.3 Å². The molecule has 1 aromatic heterocycles. The third-order valence-corrected chi connectivity index (χ3v) is 4.96. The number of hydrogen-bond donors (Lipinski definition) is 1. The summed E-state index contributed by atoms with van der Waals surface area (Å²) in [6.45, 7) is 7.35. The molecular weight excluding hydrogens is 408 g/mol. The van der Waals surface area contributed by atoms with Crippen molar-refractivity contribution < 1.29 is 23.6 Å². The van der Waals surface area contributed by atoms with E-state index in [2.05, 4.69) is 10.5 Å². The Bertz CT molecular complexity index is 980. The molecule has 158 valence electrons. The highest BCUT2D eigenvalue weighted by Crippen LogP contribution is 2.40. The number of hydrogen-bond acceptors (Lipinski definition) is 7. The molecule has 0 amide bonds. The van der Waals surface area contributed by atoms with Crippen LogP contribution in [0.1, 0.15) is 39.4 Å². The lowest BCUT2D eigenvalue weighted by atomic mass is 9.83. The molecule has 3 rings (SSSR count). The molecule has 0 unspecified atom stereocenters. The van der Waals surface area contributed by atoms with Gasteiger partial charge < -0.3 is 19.3 Å². The van der Waals surface area contributed by atoms with E-state index in [1.807, 2.05) is 12.1 Å². The first-order chi connectivity index (χ1) is 14.4. The second kappa shape index (κ2) is 9.17. The van der Waals surface area contributed by atoms with Gasteiger partial charge in [-0.1, -0.05) is 28.9 Å². The molecule has 1 aliphatic heterocycles. The van der Waals surface area contributed by atoms with Gasteiger partial charge >= 0.3 is 11.9 Å². The summed E-state index contributed by atoms with van der Waals surface area (Å²) in [5.74, 6) is -1.54. The van der Waals surface area contributed by atoms with Gasteiger partial charge in [0.25, 0.3) is 0 Å². The third kappa shape index (κ3) is 4.26. The van der Waals surface area contributed by atoms with Crippen LogP contribution in [0.3, 0.4) is 0 Å². The Hall–Kier alpha value is -3.06. The van der Waals surface area contributed by atoms with Crippen LogP contribution in [0.15, 0.2) is 57.4 Å². The predicted molar refractivity (Wildman–Crippen MR) is 111 cm³/mol. The van der Waals surface area contributed by atoms with Crippen molar-refractivity contribution in [3.8, 4) is 11.3 Å².